The number of nitrogens with one attached hydrogen (secondary N) is 1. The lowest BCUT2D eigenvalue weighted by Crippen LogP contribution is -2.21. The molecule has 0 aromatic carbocycles. The molecule has 0 amide bonds. The maximum absolute atomic E-state index is 12.1. The number of ketones is 1. The van der Waals surface area contributed by atoms with E-state index in [1.54, 1.807) is 12.4 Å². The number of fused-ring (bicyclic) bond motifs is 1. The fourth-order valence-electron chi connectivity index (χ4n) is 2.05. The third-order valence-electron chi connectivity index (χ3n) is 3.19. The summed E-state index contributed by atoms with van der Waals surface area (Å²) >= 11 is 0. The lowest BCUT2D eigenvalue weighted by Gasteiger charge is -2.23. The molecule has 0 saturated heterocycles. The van der Waals surface area contributed by atoms with Crippen molar-refractivity contribution >= 4 is 16.8 Å². The van der Waals surface area contributed by atoms with E-state index in [4.69, 9.17) is 0 Å². The Hall–Kier alpha value is -1.64. The number of carbonyl (C=O) groups is 1. The van der Waals surface area contributed by atoms with Crippen molar-refractivity contribution in [2.45, 2.75) is 19.3 Å². The number of nitrogens with zero attached hydrogens (tertiary/aromatic N) is 1. The van der Waals surface area contributed by atoms with E-state index in [0.717, 1.165) is 29.4 Å². The number of hydrogen-bond donors (Lipinski definition) is 1. The lowest BCUT2D eigenvalue weighted by atomic mass is 9.80. The summed E-state index contributed by atoms with van der Waals surface area (Å²) in [6.07, 6.45) is 6.81. The van der Waals surface area contributed by atoms with Gasteiger partial charge in [-0.3, -0.25) is 4.79 Å². The monoisotopic (exact) mass is 200 g/mol. The Labute approximate surface area is 87.5 Å². The van der Waals surface area contributed by atoms with Crippen LogP contribution in [0.25, 0.3) is 11.0 Å². The Balaban J connectivity index is 2.06. The molecule has 0 aliphatic heterocycles. The maximum Gasteiger partial charge on any atom is 0.168 e. The van der Waals surface area contributed by atoms with Crippen molar-refractivity contribution in [3.05, 3.63) is 30.1 Å². The Morgan fingerprint density at radius 1 is 1.47 bits per heavy atom. The summed E-state index contributed by atoms with van der Waals surface area (Å²) in [7, 11) is 0. The smallest absolute Gasteiger partial charge is 0.168 e. The van der Waals surface area contributed by atoms with Gasteiger partial charge in [0.25, 0.3) is 0 Å². The van der Waals surface area contributed by atoms with E-state index in [-0.39, 0.29) is 11.7 Å². The molecule has 1 saturated carbocycles. The quantitative estimate of drug-likeness (QED) is 0.757. The van der Waals surface area contributed by atoms with Crippen LogP contribution in [-0.4, -0.2) is 15.8 Å². The van der Waals surface area contributed by atoms with Crippen molar-refractivity contribution in [3.63, 3.8) is 0 Å². The molecule has 1 N–H and O–H groups in total. The van der Waals surface area contributed by atoms with Gasteiger partial charge in [0, 0.05) is 29.3 Å². The van der Waals surface area contributed by atoms with Gasteiger partial charge in [0.15, 0.2) is 5.78 Å². The first-order valence-electron chi connectivity index (χ1n) is 5.32. The summed E-state index contributed by atoms with van der Waals surface area (Å²) in [6, 6.07) is 3.82. The highest BCUT2D eigenvalue weighted by molar-refractivity contribution is 6.08. The molecule has 1 aliphatic rings. The third kappa shape index (κ3) is 1.27. The molecule has 3 nitrogen and oxygen atoms in total. The van der Waals surface area contributed by atoms with Crippen molar-refractivity contribution in [1.29, 1.82) is 0 Å². The van der Waals surface area contributed by atoms with Gasteiger partial charge in [-0.1, -0.05) is 6.42 Å². The second kappa shape index (κ2) is 3.19. The van der Waals surface area contributed by atoms with Gasteiger partial charge in [-0.25, -0.2) is 4.98 Å². The summed E-state index contributed by atoms with van der Waals surface area (Å²) in [5, 5.41) is 0.953. The van der Waals surface area contributed by atoms with Crippen LogP contribution in [0.4, 0.5) is 0 Å². The van der Waals surface area contributed by atoms with Crippen molar-refractivity contribution < 1.29 is 4.79 Å². The zero-order valence-corrected chi connectivity index (χ0v) is 8.36. The first kappa shape index (κ1) is 8.65. The molecule has 15 heavy (non-hydrogen) atoms. The van der Waals surface area contributed by atoms with Crippen LogP contribution in [0, 0.1) is 5.92 Å². The number of H-pyrrole nitrogens is 1. The highest BCUT2D eigenvalue weighted by Gasteiger charge is 2.27. The summed E-state index contributed by atoms with van der Waals surface area (Å²) in [4.78, 5) is 19.3. The van der Waals surface area contributed by atoms with Crippen molar-refractivity contribution in [1.82, 2.24) is 9.97 Å². The zero-order valence-electron chi connectivity index (χ0n) is 8.36. The third-order valence-corrected chi connectivity index (χ3v) is 3.19. The van der Waals surface area contributed by atoms with Crippen LogP contribution in [0.15, 0.2) is 24.5 Å². The summed E-state index contributed by atoms with van der Waals surface area (Å²) < 4.78 is 0. The lowest BCUT2D eigenvalue weighted by molar-refractivity contribution is 0.0857. The molecule has 2 aromatic rings. The van der Waals surface area contributed by atoms with Crippen LogP contribution < -0.4 is 0 Å². The molecule has 0 spiro atoms. The van der Waals surface area contributed by atoms with E-state index in [2.05, 4.69) is 9.97 Å². The fraction of sp³-hybridized carbons (Fsp3) is 0.333. The molecule has 0 radical (unpaired) electrons. The van der Waals surface area contributed by atoms with Gasteiger partial charge in [-0.2, -0.15) is 0 Å². The fourth-order valence-corrected chi connectivity index (χ4v) is 2.05. The molecule has 0 atom stereocenters. The van der Waals surface area contributed by atoms with Crippen molar-refractivity contribution in [3.8, 4) is 0 Å². The molecule has 0 bridgehead atoms. The van der Waals surface area contributed by atoms with Gasteiger partial charge in [0.2, 0.25) is 0 Å². The molecule has 1 fully saturated rings. The second-order valence-corrected chi connectivity index (χ2v) is 4.09. The predicted octanol–water partition coefficient (Wildman–Crippen LogP) is 2.55. The van der Waals surface area contributed by atoms with Gasteiger partial charge in [-0.15, -0.1) is 0 Å². The van der Waals surface area contributed by atoms with Gasteiger partial charge >= 0.3 is 0 Å². The largest absolute Gasteiger partial charge is 0.345 e. The minimum atomic E-state index is 0.254. The van der Waals surface area contributed by atoms with Gasteiger partial charge in [-0.05, 0) is 25.0 Å². The highest BCUT2D eigenvalue weighted by Crippen LogP contribution is 2.31. The molecule has 3 rings (SSSR count). The number of Topliss-reactive ketones (excluding diaryl/α,β-unsaturated/α-hetero) is 1. The van der Waals surface area contributed by atoms with E-state index in [1.165, 1.54) is 6.42 Å². The van der Waals surface area contributed by atoms with E-state index in [9.17, 15) is 4.79 Å². The van der Waals surface area contributed by atoms with E-state index < -0.39 is 0 Å². The number of aromatic amines is 1. The molecule has 0 unspecified atom stereocenters. The number of aromatic nitrogens is 2. The Morgan fingerprint density at radius 2 is 2.33 bits per heavy atom. The van der Waals surface area contributed by atoms with E-state index in [0.29, 0.717) is 0 Å². The molecule has 2 heterocycles. The molecule has 1 aliphatic carbocycles. The van der Waals surface area contributed by atoms with Gasteiger partial charge in [0.05, 0.1) is 0 Å². The van der Waals surface area contributed by atoms with Crippen molar-refractivity contribution in [2.75, 3.05) is 0 Å². The Morgan fingerprint density at radius 3 is 3.07 bits per heavy atom. The van der Waals surface area contributed by atoms with Crippen LogP contribution in [0.2, 0.25) is 0 Å². The SMILES string of the molecule is O=C(c1c[nH]c2ncccc12)C1CCC1. The van der Waals surface area contributed by atoms with Crippen LogP contribution in [0.5, 0.6) is 0 Å². The molecule has 3 heteroatoms. The standard InChI is InChI=1S/C12H12N2O/c15-11(8-3-1-4-8)10-7-14-12-9(10)5-2-6-13-12/h2,5-8H,1,3-4H2,(H,13,14). The number of rotatable bonds is 2. The first-order chi connectivity index (χ1) is 7.36. The van der Waals surface area contributed by atoms with Crippen LogP contribution in [-0.2, 0) is 0 Å². The number of hydrogen-bond acceptors (Lipinski definition) is 2. The maximum atomic E-state index is 12.1. The van der Waals surface area contributed by atoms with Crippen LogP contribution in [0.3, 0.4) is 0 Å². The van der Waals surface area contributed by atoms with E-state index >= 15 is 0 Å². The topological polar surface area (TPSA) is 45.8 Å². The van der Waals surface area contributed by atoms with Crippen LogP contribution in [0.1, 0.15) is 29.6 Å². The zero-order chi connectivity index (χ0) is 10.3. The Kier molecular flexibility index (Phi) is 1.84. The van der Waals surface area contributed by atoms with E-state index in [1.807, 2.05) is 12.1 Å². The molecule has 2 aromatic heterocycles. The average molecular weight is 200 g/mol. The molecular formula is C12H12N2O. The normalized spacial score (nSPS) is 16.5. The van der Waals surface area contributed by atoms with Gasteiger partial charge < -0.3 is 4.98 Å². The Bertz CT molecular complexity index is 511. The second-order valence-electron chi connectivity index (χ2n) is 4.09. The first-order valence-corrected chi connectivity index (χ1v) is 5.32. The molecular weight excluding hydrogens is 188 g/mol. The van der Waals surface area contributed by atoms with Crippen LogP contribution >= 0.6 is 0 Å². The predicted molar refractivity (Wildman–Crippen MR) is 57.8 cm³/mol. The summed E-state index contributed by atoms with van der Waals surface area (Å²) in [6.45, 7) is 0. The highest BCUT2D eigenvalue weighted by atomic mass is 16.1. The average Bonchev–Trinajstić information content (AvgIpc) is 2.58. The summed E-state index contributed by atoms with van der Waals surface area (Å²) in [5.41, 5.74) is 1.61. The molecule has 76 valence electrons. The number of carbonyl (C=O) groups excluding carboxylic acids is 1. The van der Waals surface area contributed by atoms with Crippen molar-refractivity contribution in [2.24, 2.45) is 5.92 Å². The number of pyridine rings is 1. The minimum absolute atomic E-state index is 0.254. The van der Waals surface area contributed by atoms with Gasteiger partial charge in [0.1, 0.15) is 5.65 Å². The minimum Gasteiger partial charge on any atom is -0.345 e. The summed E-state index contributed by atoms with van der Waals surface area (Å²) in [5.74, 6) is 0.532.